The highest BCUT2D eigenvalue weighted by atomic mass is 15.2. The van der Waals surface area contributed by atoms with Crippen molar-refractivity contribution in [3.63, 3.8) is 0 Å². The average Bonchev–Trinajstić information content (AvgIpc) is 3.04. The lowest BCUT2D eigenvalue weighted by molar-refractivity contribution is 0.356. The fourth-order valence-electron chi connectivity index (χ4n) is 5.13. The van der Waals surface area contributed by atoms with Crippen molar-refractivity contribution in [2.75, 3.05) is 30.3 Å². The Morgan fingerprint density at radius 2 is 1.87 bits per heavy atom. The predicted octanol–water partition coefficient (Wildman–Crippen LogP) is 2.38. The Morgan fingerprint density at radius 3 is 2.65 bits per heavy atom. The second-order valence-corrected chi connectivity index (χ2v) is 7.76. The van der Waals surface area contributed by atoms with Crippen LogP contribution >= 0.6 is 0 Å². The van der Waals surface area contributed by atoms with Crippen LogP contribution < -0.4 is 16.4 Å². The van der Waals surface area contributed by atoms with E-state index in [9.17, 15) is 0 Å². The summed E-state index contributed by atoms with van der Waals surface area (Å²) in [5.41, 5.74) is 15.0. The number of piperidine rings is 1. The zero-order chi connectivity index (χ0) is 15.9. The molecule has 23 heavy (non-hydrogen) atoms. The summed E-state index contributed by atoms with van der Waals surface area (Å²) in [6.45, 7) is 2.86. The van der Waals surface area contributed by atoms with E-state index in [-0.39, 0.29) is 0 Å². The van der Waals surface area contributed by atoms with Crippen molar-refractivity contribution in [2.45, 2.75) is 63.2 Å². The van der Waals surface area contributed by atoms with Gasteiger partial charge in [-0.1, -0.05) is 12.8 Å². The van der Waals surface area contributed by atoms with Crippen molar-refractivity contribution in [3.05, 3.63) is 11.3 Å². The molecular formula is C18H29N5. The largest absolute Gasteiger partial charge is 0.368 e. The lowest BCUT2D eigenvalue weighted by Gasteiger charge is -2.39. The molecule has 1 aromatic heterocycles. The molecule has 0 aromatic carbocycles. The van der Waals surface area contributed by atoms with Gasteiger partial charge in [-0.15, -0.1) is 0 Å². The van der Waals surface area contributed by atoms with E-state index in [4.69, 9.17) is 16.5 Å². The summed E-state index contributed by atoms with van der Waals surface area (Å²) in [6, 6.07) is 0. The zero-order valence-corrected chi connectivity index (χ0v) is 14.1. The number of anilines is 2. The van der Waals surface area contributed by atoms with E-state index < -0.39 is 0 Å². The average molecular weight is 315 g/mol. The third kappa shape index (κ3) is 2.59. The first kappa shape index (κ1) is 15.2. The standard InChI is InChI=1S/C18H29N5/c19-11-13-5-4-10-23(12-13)16-14-6-3-9-18(7-1-2-8-18)15(14)21-17(20)22-16/h13H,1-12,19H2,(H2,20,21,22). The van der Waals surface area contributed by atoms with E-state index in [1.165, 1.54) is 62.6 Å². The van der Waals surface area contributed by atoms with E-state index in [1.807, 2.05) is 0 Å². The molecule has 3 aliphatic rings. The first-order valence-corrected chi connectivity index (χ1v) is 9.34. The summed E-state index contributed by atoms with van der Waals surface area (Å²) in [6.07, 6.45) is 11.3. The Balaban J connectivity index is 1.75. The quantitative estimate of drug-likeness (QED) is 0.876. The molecule has 1 aromatic rings. The third-order valence-corrected chi connectivity index (χ3v) is 6.30. The molecule has 0 amide bonds. The van der Waals surface area contributed by atoms with Crippen LogP contribution in [-0.2, 0) is 11.8 Å². The smallest absolute Gasteiger partial charge is 0.222 e. The molecule has 0 radical (unpaired) electrons. The fourth-order valence-corrected chi connectivity index (χ4v) is 5.13. The number of hydrogen-bond donors (Lipinski definition) is 2. The monoisotopic (exact) mass is 315 g/mol. The Kier molecular flexibility index (Phi) is 3.92. The minimum Gasteiger partial charge on any atom is -0.368 e. The summed E-state index contributed by atoms with van der Waals surface area (Å²) in [5, 5.41) is 0. The van der Waals surface area contributed by atoms with E-state index in [1.54, 1.807) is 0 Å². The van der Waals surface area contributed by atoms with E-state index in [0.717, 1.165) is 31.9 Å². The van der Waals surface area contributed by atoms with Crippen LogP contribution in [0.15, 0.2) is 0 Å². The summed E-state index contributed by atoms with van der Waals surface area (Å²) >= 11 is 0. The highest BCUT2D eigenvalue weighted by molar-refractivity contribution is 5.55. The topological polar surface area (TPSA) is 81.1 Å². The number of nitrogen functional groups attached to an aromatic ring is 1. The van der Waals surface area contributed by atoms with Gasteiger partial charge in [0.1, 0.15) is 5.82 Å². The maximum absolute atomic E-state index is 6.13. The maximum Gasteiger partial charge on any atom is 0.222 e. The van der Waals surface area contributed by atoms with Crippen molar-refractivity contribution >= 4 is 11.8 Å². The van der Waals surface area contributed by atoms with Gasteiger partial charge in [0.2, 0.25) is 5.95 Å². The van der Waals surface area contributed by atoms with Crippen molar-refractivity contribution in [3.8, 4) is 0 Å². The number of nitrogens with two attached hydrogens (primary N) is 2. The Hall–Kier alpha value is -1.36. The number of rotatable bonds is 2. The van der Waals surface area contributed by atoms with Gasteiger partial charge in [0.25, 0.3) is 0 Å². The van der Waals surface area contributed by atoms with Crippen molar-refractivity contribution in [1.82, 2.24) is 9.97 Å². The van der Waals surface area contributed by atoms with E-state index >= 15 is 0 Å². The molecule has 2 aliphatic carbocycles. The molecule has 1 unspecified atom stereocenters. The van der Waals surface area contributed by atoms with Crippen LogP contribution in [-0.4, -0.2) is 29.6 Å². The second kappa shape index (κ2) is 5.93. The van der Waals surface area contributed by atoms with Gasteiger partial charge in [-0.3, -0.25) is 0 Å². The van der Waals surface area contributed by atoms with Crippen LogP contribution in [0.2, 0.25) is 0 Å². The van der Waals surface area contributed by atoms with Crippen LogP contribution in [0.5, 0.6) is 0 Å². The SMILES string of the molecule is NCC1CCCN(c2nc(N)nc3c2CCCC32CCCC2)C1. The van der Waals surface area contributed by atoms with Crippen LogP contribution in [0.25, 0.3) is 0 Å². The highest BCUT2D eigenvalue weighted by Crippen LogP contribution is 2.49. The molecule has 2 fully saturated rings. The fraction of sp³-hybridized carbons (Fsp3) is 0.778. The van der Waals surface area contributed by atoms with Crippen LogP contribution in [0.1, 0.15) is 62.6 Å². The first-order chi connectivity index (χ1) is 11.2. The molecule has 2 heterocycles. The lowest BCUT2D eigenvalue weighted by atomic mass is 9.71. The molecule has 0 bridgehead atoms. The molecule has 5 nitrogen and oxygen atoms in total. The molecule has 1 saturated carbocycles. The minimum atomic E-state index is 0.294. The van der Waals surface area contributed by atoms with Crippen LogP contribution in [0.3, 0.4) is 0 Å². The normalized spacial score (nSPS) is 26.5. The maximum atomic E-state index is 6.13. The summed E-state index contributed by atoms with van der Waals surface area (Å²) < 4.78 is 0. The molecule has 1 saturated heterocycles. The van der Waals surface area contributed by atoms with Gasteiger partial charge in [-0.2, -0.15) is 4.98 Å². The highest BCUT2D eigenvalue weighted by Gasteiger charge is 2.42. The number of aromatic nitrogens is 2. The predicted molar refractivity (Wildman–Crippen MR) is 93.5 cm³/mol. The number of fused-ring (bicyclic) bond motifs is 2. The van der Waals surface area contributed by atoms with Gasteiger partial charge in [0, 0.05) is 24.1 Å². The molecular weight excluding hydrogens is 286 g/mol. The second-order valence-electron chi connectivity index (χ2n) is 7.76. The first-order valence-electron chi connectivity index (χ1n) is 9.34. The summed E-state index contributed by atoms with van der Waals surface area (Å²) in [5.74, 6) is 2.16. The molecule has 4 N–H and O–H groups in total. The summed E-state index contributed by atoms with van der Waals surface area (Å²) in [7, 11) is 0. The van der Waals surface area contributed by atoms with Crippen molar-refractivity contribution in [2.24, 2.45) is 11.7 Å². The molecule has 1 aliphatic heterocycles. The Labute approximate surface area is 138 Å². The summed E-state index contributed by atoms with van der Waals surface area (Å²) in [4.78, 5) is 11.9. The van der Waals surface area contributed by atoms with E-state index in [0.29, 0.717) is 17.3 Å². The molecule has 1 atom stereocenters. The molecule has 126 valence electrons. The van der Waals surface area contributed by atoms with Gasteiger partial charge in [0.15, 0.2) is 0 Å². The van der Waals surface area contributed by atoms with Crippen molar-refractivity contribution < 1.29 is 0 Å². The molecule has 4 rings (SSSR count). The zero-order valence-electron chi connectivity index (χ0n) is 14.1. The lowest BCUT2D eigenvalue weighted by Crippen LogP contribution is -2.40. The molecule has 1 spiro atoms. The van der Waals surface area contributed by atoms with Crippen molar-refractivity contribution in [1.29, 1.82) is 0 Å². The van der Waals surface area contributed by atoms with Gasteiger partial charge in [0.05, 0.1) is 5.69 Å². The van der Waals surface area contributed by atoms with Gasteiger partial charge >= 0.3 is 0 Å². The van der Waals surface area contributed by atoms with Gasteiger partial charge in [-0.05, 0) is 57.4 Å². The minimum absolute atomic E-state index is 0.294. The van der Waals surface area contributed by atoms with Gasteiger partial charge < -0.3 is 16.4 Å². The Bertz CT molecular complexity index is 579. The van der Waals surface area contributed by atoms with E-state index in [2.05, 4.69) is 9.88 Å². The third-order valence-electron chi connectivity index (χ3n) is 6.30. The van der Waals surface area contributed by atoms with Crippen LogP contribution in [0.4, 0.5) is 11.8 Å². The van der Waals surface area contributed by atoms with Crippen LogP contribution in [0, 0.1) is 5.92 Å². The molecule has 5 heteroatoms. The Morgan fingerprint density at radius 1 is 1.09 bits per heavy atom. The number of hydrogen-bond acceptors (Lipinski definition) is 5. The van der Waals surface area contributed by atoms with Gasteiger partial charge in [-0.25, -0.2) is 4.98 Å². The number of nitrogens with zero attached hydrogens (tertiary/aromatic N) is 3.